The number of aromatic carboxylic acids is 1. The average molecular weight is 397 g/mol. The Kier molecular flexibility index (Phi) is 10.5. The van der Waals surface area contributed by atoms with E-state index in [-0.39, 0.29) is 0 Å². The third-order valence-electron chi connectivity index (χ3n) is 5.81. The zero-order chi connectivity index (χ0) is 20.9. The van der Waals surface area contributed by atoms with Crippen molar-refractivity contribution in [3.05, 3.63) is 59.4 Å². The van der Waals surface area contributed by atoms with Gasteiger partial charge in [-0.3, -0.25) is 0 Å². The summed E-state index contributed by atoms with van der Waals surface area (Å²) in [7, 11) is 0. The summed E-state index contributed by atoms with van der Waals surface area (Å²) >= 11 is 0. The molecule has 3 nitrogen and oxygen atoms in total. The number of para-hydroxylation sites is 1. The minimum absolute atomic E-state index is 0.446. The van der Waals surface area contributed by atoms with Crippen LogP contribution >= 0.6 is 0 Å². The zero-order valence-corrected chi connectivity index (χ0v) is 18.3. The van der Waals surface area contributed by atoms with Gasteiger partial charge in [-0.15, -0.1) is 0 Å². The average Bonchev–Trinajstić information content (AvgIpc) is 2.73. The normalized spacial score (nSPS) is 11.0. The first-order valence-corrected chi connectivity index (χ1v) is 11.5. The highest BCUT2D eigenvalue weighted by Gasteiger charge is 2.21. The predicted molar refractivity (Wildman–Crippen MR) is 120 cm³/mol. The quantitative estimate of drug-likeness (QED) is 0.281. The molecular weight excluding hydrogens is 358 g/mol. The van der Waals surface area contributed by atoms with E-state index in [9.17, 15) is 9.90 Å². The van der Waals surface area contributed by atoms with Crippen LogP contribution in [-0.4, -0.2) is 11.1 Å². The van der Waals surface area contributed by atoms with E-state index < -0.39 is 5.97 Å². The zero-order valence-electron chi connectivity index (χ0n) is 18.3. The minimum atomic E-state index is -0.827. The second-order valence-corrected chi connectivity index (χ2v) is 8.09. The molecule has 0 radical (unpaired) electrons. The molecule has 0 aliphatic rings. The summed E-state index contributed by atoms with van der Waals surface area (Å²) in [5.41, 5.74) is 3.52. The third kappa shape index (κ3) is 7.64. The molecule has 1 heterocycles. The Morgan fingerprint density at radius 2 is 1.38 bits per heavy atom. The summed E-state index contributed by atoms with van der Waals surface area (Å²) in [5.74, 6) is -0.827. The number of carbonyl (C=O) groups is 1. The molecule has 2 rings (SSSR count). The molecule has 2 aromatic rings. The fraction of sp³-hybridized carbons (Fsp3) is 0.538. The van der Waals surface area contributed by atoms with E-state index in [4.69, 9.17) is 0 Å². The summed E-state index contributed by atoms with van der Waals surface area (Å²) < 4.78 is 2.10. The first-order chi connectivity index (χ1) is 14.1. The smallest absolute Gasteiger partial charge is 0.336 e. The van der Waals surface area contributed by atoms with Crippen molar-refractivity contribution in [2.75, 3.05) is 0 Å². The van der Waals surface area contributed by atoms with E-state index in [1.165, 1.54) is 64.2 Å². The molecule has 29 heavy (non-hydrogen) atoms. The molecule has 0 fully saturated rings. The van der Waals surface area contributed by atoms with Gasteiger partial charge >= 0.3 is 5.97 Å². The monoisotopic (exact) mass is 396 g/mol. The van der Waals surface area contributed by atoms with Gasteiger partial charge in [-0.1, -0.05) is 89.3 Å². The first kappa shape index (κ1) is 23.1. The standard InChI is InChI=1S/C26H37NO2/c1-3-4-5-6-7-8-9-10-11-12-16-19-24-22(2)27(21-20-25(24)26(28)29)23-17-14-13-15-18-23/h13-15,17-18,20-21H,3-12,16,19H2,1-2H3/p+1. The highest BCUT2D eigenvalue weighted by atomic mass is 16.4. The van der Waals surface area contributed by atoms with Crippen molar-refractivity contribution in [1.29, 1.82) is 0 Å². The van der Waals surface area contributed by atoms with Gasteiger partial charge in [-0.25, -0.2) is 4.79 Å². The second-order valence-electron chi connectivity index (χ2n) is 8.09. The van der Waals surface area contributed by atoms with Crippen molar-refractivity contribution in [2.45, 2.75) is 90.9 Å². The SMILES string of the molecule is CCCCCCCCCCCCCc1c(C(=O)O)cc[n+](-c2ccccc2)c1C. The maximum Gasteiger partial charge on any atom is 0.336 e. The molecule has 0 amide bonds. The van der Waals surface area contributed by atoms with Crippen molar-refractivity contribution in [3.8, 4) is 5.69 Å². The maximum absolute atomic E-state index is 11.7. The molecular formula is C26H38NO2+. The van der Waals surface area contributed by atoms with E-state index in [1.54, 1.807) is 6.07 Å². The van der Waals surface area contributed by atoms with E-state index in [1.807, 2.05) is 31.3 Å². The molecule has 1 aromatic heterocycles. The lowest BCUT2D eigenvalue weighted by Gasteiger charge is -2.09. The fourth-order valence-corrected chi connectivity index (χ4v) is 4.05. The van der Waals surface area contributed by atoms with Crippen molar-refractivity contribution in [1.82, 2.24) is 0 Å². The number of nitrogens with zero attached hydrogens (tertiary/aromatic N) is 1. The molecule has 1 aromatic carbocycles. The van der Waals surface area contributed by atoms with Gasteiger partial charge in [-0.05, 0) is 12.8 Å². The highest BCUT2D eigenvalue weighted by molar-refractivity contribution is 5.89. The van der Waals surface area contributed by atoms with Crippen molar-refractivity contribution < 1.29 is 14.5 Å². The van der Waals surface area contributed by atoms with Gasteiger partial charge < -0.3 is 5.11 Å². The number of hydrogen-bond donors (Lipinski definition) is 1. The Morgan fingerprint density at radius 1 is 0.828 bits per heavy atom. The molecule has 0 bridgehead atoms. The molecule has 0 saturated carbocycles. The van der Waals surface area contributed by atoms with E-state index in [2.05, 4.69) is 23.6 Å². The molecule has 0 unspecified atom stereocenters. The summed E-state index contributed by atoms with van der Waals surface area (Å²) in [6.07, 6.45) is 17.0. The van der Waals surface area contributed by atoms with Gasteiger partial charge in [0.15, 0.2) is 11.9 Å². The number of rotatable bonds is 14. The van der Waals surface area contributed by atoms with Crippen LogP contribution in [0.5, 0.6) is 0 Å². The van der Waals surface area contributed by atoms with Crippen LogP contribution in [-0.2, 0) is 6.42 Å². The number of aromatic nitrogens is 1. The van der Waals surface area contributed by atoms with Crippen LogP contribution in [0.2, 0.25) is 0 Å². The molecule has 0 aliphatic carbocycles. The van der Waals surface area contributed by atoms with Gasteiger partial charge in [0.25, 0.3) is 0 Å². The number of pyridine rings is 1. The lowest BCUT2D eigenvalue weighted by Crippen LogP contribution is -2.36. The van der Waals surface area contributed by atoms with Gasteiger partial charge in [0, 0.05) is 30.7 Å². The van der Waals surface area contributed by atoms with Gasteiger partial charge in [0.05, 0.1) is 5.56 Å². The summed E-state index contributed by atoms with van der Waals surface area (Å²) in [6, 6.07) is 11.9. The molecule has 0 spiro atoms. The lowest BCUT2D eigenvalue weighted by molar-refractivity contribution is -0.603. The Labute approximate surface area is 176 Å². The number of hydrogen-bond acceptors (Lipinski definition) is 1. The Balaban J connectivity index is 1.82. The van der Waals surface area contributed by atoms with Crippen LogP contribution in [0.15, 0.2) is 42.6 Å². The molecule has 0 aliphatic heterocycles. The fourth-order valence-electron chi connectivity index (χ4n) is 4.05. The Bertz CT molecular complexity index is 740. The van der Waals surface area contributed by atoms with E-state index >= 15 is 0 Å². The van der Waals surface area contributed by atoms with Crippen LogP contribution in [0.4, 0.5) is 0 Å². The first-order valence-electron chi connectivity index (χ1n) is 11.5. The highest BCUT2D eigenvalue weighted by Crippen LogP contribution is 2.18. The Morgan fingerprint density at radius 3 is 1.93 bits per heavy atom. The number of benzene rings is 1. The minimum Gasteiger partial charge on any atom is -0.478 e. The molecule has 0 atom stereocenters. The topological polar surface area (TPSA) is 41.2 Å². The third-order valence-corrected chi connectivity index (χ3v) is 5.81. The largest absolute Gasteiger partial charge is 0.478 e. The summed E-state index contributed by atoms with van der Waals surface area (Å²) in [5, 5.41) is 9.62. The number of carboxylic acids is 1. The van der Waals surface area contributed by atoms with Crippen molar-refractivity contribution in [3.63, 3.8) is 0 Å². The van der Waals surface area contributed by atoms with Gasteiger partial charge in [0.1, 0.15) is 0 Å². The molecule has 3 heteroatoms. The van der Waals surface area contributed by atoms with Gasteiger partial charge in [-0.2, -0.15) is 4.57 Å². The van der Waals surface area contributed by atoms with Crippen LogP contribution in [0.1, 0.15) is 99.2 Å². The van der Waals surface area contributed by atoms with Crippen LogP contribution < -0.4 is 4.57 Å². The second kappa shape index (κ2) is 13.1. The van der Waals surface area contributed by atoms with Crippen molar-refractivity contribution >= 4 is 5.97 Å². The van der Waals surface area contributed by atoms with Gasteiger partial charge in [0.2, 0.25) is 5.69 Å². The van der Waals surface area contributed by atoms with Crippen molar-refractivity contribution in [2.24, 2.45) is 0 Å². The molecule has 1 N–H and O–H groups in total. The molecule has 158 valence electrons. The number of unbranched alkanes of at least 4 members (excludes halogenated alkanes) is 10. The Hall–Kier alpha value is -2.16. The van der Waals surface area contributed by atoms with E-state index in [0.717, 1.165) is 29.8 Å². The summed E-state index contributed by atoms with van der Waals surface area (Å²) in [4.78, 5) is 11.7. The molecule has 0 saturated heterocycles. The van der Waals surface area contributed by atoms with E-state index in [0.29, 0.717) is 5.56 Å². The van der Waals surface area contributed by atoms with Crippen LogP contribution in [0.25, 0.3) is 5.69 Å². The summed E-state index contributed by atoms with van der Waals surface area (Å²) in [6.45, 7) is 4.30. The van der Waals surface area contributed by atoms with Crippen LogP contribution in [0, 0.1) is 6.92 Å². The number of carboxylic acid groups (broad SMARTS) is 1. The lowest BCUT2D eigenvalue weighted by atomic mass is 9.98. The van der Waals surface area contributed by atoms with Crippen LogP contribution in [0.3, 0.4) is 0 Å². The predicted octanol–water partition coefficient (Wildman–Crippen LogP) is 6.82. The maximum atomic E-state index is 11.7.